The van der Waals surface area contributed by atoms with E-state index in [0.717, 1.165) is 51.9 Å². The van der Waals surface area contributed by atoms with Crippen LogP contribution >= 0.6 is 0 Å². The van der Waals surface area contributed by atoms with E-state index in [1.165, 1.54) is 6.07 Å². The number of nitrogens with one attached hydrogen (secondary N) is 1. The van der Waals surface area contributed by atoms with E-state index in [1.54, 1.807) is 30.3 Å². The number of anilines is 1. The summed E-state index contributed by atoms with van der Waals surface area (Å²) in [5, 5.41) is 0. The molecule has 0 amide bonds. The fourth-order valence-electron chi connectivity index (χ4n) is 4.56. The smallest absolute Gasteiger partial charge is 0.240 e. The molecule has 2 aromatic carbocycles. The zero-order valence-corrected chi connectivity index (χ0v) is 17.3. The third-order valence-electron chi connectivity index (χ3n) is 6.07. The molecule has 2 atom stereocenters. The van der Waals surface area contributed by atoms with Crippen LogP contribution < -0.4 is 9.62 Å². The molecule has 0 aromatic heterocycles. The predicted molar refractivity (Wildman–Crippen MR) is 113 cm³/mol. The van der Waals surface area contributed by atoms with Gasteiger partial charge in [0.05, 0.1) is 10.6 Å². The molecule has 2 aromatic rings. The summed E-state index contributed by atoms with van der Waals surface area (Å²) < 4.78 is 42.7. The van der Waals surface area contributed by atoms with E-state index in [2.05, 4.69) is 14.5 Å². The largest absolute Gasteiger partial charge is 0.367 e. The van der Waals surface area contributed by atoms with Crippen LogP contribution in [0.3, 0.4) is 0 Å². The standard InChI is InChI=1S/C22H28FN3O2S/c23-19-10-4-6-12-21(19)25-14-16-26(17-15-25)22-13-7-5-11-20(22)24-29(27,28)18-8-2-1-3-9-18/h1-4,6,8-10,12,20,22,24H,5,7,11,13-17H2/t20-,22+/m0/s1. The maximum absolute atomic E-state index is 14.1. The number of piperazine rings is 1. The number of para-hydroxylation sites is 1. The fourth-order valence-corrected chi connectivity index (χ4v) is 5.88. The van der Waals surface area contributed by atoms with E-state index in [-0.39, 0.29) is 17.9 Å². The number of hydrogen-bond acceptors (Lipinski definition) is 4. The van der Waals surface area contributed by atoms with Crippen LogP contribution in [0.25, 0.3) is 0 Å². The van der Waals surface area contributed by atoms with Gasteiger partial charge in [0.25, 0.3) is 0 Å². The van der Waals surface area contributed by atoms with Crippen molar-refractivity contribution in [2.75, 3.05) is 31.1 Å². The molecule has 1 saturated heterocycles. The summed E-state index contributed by atoms with van der Waals surface area (Å²) in [6.07, 6.45) is 3.99. The summed E-state index contributed by atoms with van der Waals surface area (Å²) in [6.45, 7) is 3.11. The van der Waals surface area contributed by atoms with Gasteiger partial charge in [-0.25, -0.2) is 17.5 Å². The Hall–Kier alpha value is -1.96. The molecule has 0 unspecified atom stereocenters. The van der Waals surface area contributed by atoms with Gasteiger partial charge in [0.15, 0.2) is 0 Å². The fraction of sp³-hybridized carbons (Fsp3) is 0.455. The van der Waals surface area contributed by atoms with Crippen molar-refractivity contribution in [1.29, 1.82) is 0 Å². The van der Waals surface area contributed by atoms with Crippen molar-refractivity contribution >= 4 is 15.7 Å². The first-order chi connectivity index (χ1) is 14.0. The first-order valence-electron chi connectivity index (χ1n) is 10.4. The Balaban J connectivity index is 1.43. The Labute approximate surface area is 172 Å². The van der Waals surface area contributed by atoms with E-state index in [1.807, 2.05) is 18.2 Å². The van der Waals surface area contributed by atoms with Gasteiger partial charge in [0.1, 0.15) is 5.82 Å². The van der Waals surface area contributed by atoms with Gasteiger partial charge in [-0.05, 0) is 37.1 Å². The van der Waals surface area contributed by atoms with Crippen molar-refractivity contribution in [1.82, 2.24) is 9.62 Å². The Morgan fingerprint density at radius 1 is 0.862 bits per heavy atom. The number of sulfonamides is 1. The molecule has 1 aliphatic heterocycles. The lowest BCUT2D eigenvalue weighted by molar-refractivity contribution is 0.124. The molecule has 156 valence electrons. The van der Waals surface area contributed by atoms with Gasteiger partial charge in [0.2, 0.25) is 10.0 Å². The molecule has 4 rings (SSSR count). The highest BCUT2D eigenvalue weighted by molar-refractivity contribution is 7.89. The molecule has 29 heavy (non-hydrogen) atoms. The van der Waals surface area contributed by atoms with Crippen LogP contribution in [-0.4, -0.2) is 51.6 Å². The molecule has 0 radical (unpaired) electrons. The van der Waals surface area contributed by atoms with Crippen LogP contribution in [0.4, 0.5) is 10.1 Å². The second-order valence-electron chi connectivity index (χ2n) is 7.87. The van der Waals surface area contributed by atoms with Gasteiger partial charge in [-0.15, -0.1) is 0 Å². The first kappa shape index (κ1) is 20.3. The minimum absolute atomic E-state index is 0.0889. The number of benzene rings is 2. The Kier molecular flexibility index (Phi) is 6.18. The van der Waals surface area contributed by atoms with Crippen LogP contribution in [0.15, 0.2) is 59.5 Å². The van der Waals surface area contributed by atoms with E-state index in [0.29, 0.717) is 10.6 Å². The SMILES string of the molecule is O=S(=O)(N[C@H]1CCCC[C@H]1N1CCN(c2ccccc2F)CC1)c1ccccc1. The monoisotopic (exact) mass is 417 g/mol. The predicted octanol–water partition coefficient (Wildman–Crippen LogP) is 3.24. The second-order valence-corrected chi connectivity index (χ2v) is 9.58. The molecule has 1 N–H and O–H groups in total. The number of nitrogens with zero attached hydrogens (tertiary/aromatic N) is 2. The lowest BCUT2D eigenvalue weighted by atomic mass is 9.89. The zero-order chi connectivity index (χ0) is 20.3. The highest BCUT2D eigenvalue weighted by Gasteiger charge is 2.35. The maximum atomic E-state index is 14.1. The minimum atomic E-state index is -3.53. The average Bonchev–Trinajstić information content (AvgIpc) is 2.75. The van der Waals surface area contributed by atoms with E-state index in [4.69, 9.17) is 0 Å². The molecule has 1 saturated carbocycles. The molecule has 7 heteroatoms. The lowest BCUT2D eigenvalue weighted by Crippen LogP contribution is -2.58. The van der Waals surface area contributed by atoms with Crippen molar-refractivity contribution in [3.05, 3.63) is 60.4 Å². The van der Waals surface area contributed by atoms with Gasteiger partial charge in [-0.1, -0.05) is 43.2 Å². The molecule has 0 spiro atoms. The van der Waals surface area contributed by atoms with Crippen molar-refractivity contribution in [3.63, 3.8) is 0 Å². The summed E-state index contributed by atoms with van der Waals surface area (Å²) >= 11 is 0. The molecular formula is C22H28FN3O2S. The number of rotatable bonds is 5. The Morgan fingerprint density at radius 3 is 2.24 bits per heavy atom. The summed E-state index contributed by atoms with van der Waals surface area (Å²) in [4.78, 5) is 4.78. The summed E-state index contributed by atoms with van der Waals surface area (Å²) in [6, 6.07) is 15.6. The highest BCUT2D eigenvalue weighted by atomic mass is 32.2. The molecular weight excluding hydrogens is 389 g/mol. The van der Waals surface area contributed by atoms with Crippen molar-refractivity contribution in [3.8, 4) is 0 Å². The van der Waals surface area contributed by atoms with Gasteiger partial charge in [-0.3, -0.25) is 4.90 Å². The topological polar surface area (TPSA) is 52.7 Å². The quantitative estimate of drug-likeness (QED) is 0.812. The normalized spacial score (nSPS) is 23.8. The van der Waals surface area contributed by atoms with Crippen LogP contribution in [0.5, 0.6) is 0 Å². The maximum Gasteiger partial charge on any atom is 0.240 e. The van der Waals surface area contributed by atoms with Gasteiger partial charge < -0.3 is 4.90 Å². The zero-order valence-electron chi connectivity index (χ0n) is 16.5. The average molecular weight is 418 g/mol. The van der Waals surface area contributed by atoms with Crippen LogP contribution in [-0.2, 0) is 10.0 Å². The molecule has 5 nitrogen and oxygen atoms in total. The third kappa shape index (κ3) is 4.63. The third-order valence-corrected chi connectivity index (χ3v) is 7.57. The van der Waals surface area contributed by atoms with E-state index < -0.39 is 10.0 Å². The highest BCUT2D eigenvalue weighted by Crippen LogP contribution is 2.27. The van der Waals surface area contributed by atoms with Crippen LogP contribution in [0, 0.1) is 5.82 Å². The Morgan fingerprint density at radius 2 is 1.52 bits per heavy atom. The lowest BCUT2D eigenvalue weighted by Gasteiger charge is -2.44. The van der Waals surface area contributed by atoms with E-state index in [9.17, 15) is 12.8 Å². The molecule has 1 heterocycles. The number of hydrogen-bond donors (Lipinski definition) is 1. The van der Waals surface area contributed by atoms with Crippen molar-refractivity contribution in [2.24, 2.45) is 0 Å². The summed E-state index contributed by atoms with van der Waals surface area (Å²) in [7, 11) is -3.53. The van der Waals surface area contributed by atoms with Crippen molar-refractivity contribution < 1.29 is 12.8 Å². The minimum Gasteiger partial charge on any atom is -0.367 e. The van der Waals surface area contributed by atoms with Crippen LogP contribution in [0.1, 0.15) is 25.7 Å². The van der Waals surface area contributed by atoms with Gasteiger partial charge >= 0.3 is 0 Å². The van der Waals surface area contributed by atoms with Gasteiger partial charge in [0, 0.05) is 38.3 Å². The summed E-state index contributed by atoms with van der Waals surface area (Å²) in [5.74, 6) is -0.188. The Bertz CT molecular complexity index is 915. The second kappa shape index (κ2) is 8.81. The van der Waals surface area contributed by atoms with E-state index >= 15 is 0 Å². The summed E-state index contributed by atoms with van der Waals surface area (Å²) in [5.41, 5.74) is 0.650. The van der Waals surface area contributed by atoms with Crippen molar-refractivity contribution in [2.45, 2.75) is 42.7 Å². The molecule has 0 bridgehead atoms. The molecule has 1 aliphatic carbocycles. The molecule has 2 fully saturated rings. The van der Waals surface area contributed by atoms with Crippen LogP contribution in [0.2, 0.25) is 0 Å². The number of halogens is 1. The first-order valence-corrected chi connectivity index (χ1v) is 11.8. The molecule has 2 aliphatic rings. The van der Waals surface area contributed by atoms with Gasteiger partial charge in [-0.2, -0.15) is 0 Å².